The molecule has 124 valence electrons. The van der Waals surface area contributed by atoms with Crippen molar-refractivity contribution in [1.29, 1.82) is 0 Å². The van der Waals surface area contributed by atoms with Crippen LogP contribution in [0.3, 0.4) is 0 Å². The third-order valence-electron chi connectivity index (χ3n) is 3.50. The van der Waals surface area contributed by atoms with E-state index < -0.39 is 0 Å². The standard InChI is InChI=1S/C16H17N5O2S/c1-10-8-9-21(19-10)13-6-4-12(5-7-13)15(22)18-16-17-14(20-24-16)11(2)23-3/h4-9,11H,1-3H3,(H,17,18,20,22). The molecule has 1 atom stereocenters. The highest BCUT2D eigenvalue weighted by Gasteiger charge is 2.14. The molecular formula is C16H17N5O2S. The molecule has 0 aliphatic heterocycles. The fraction of sp³-hybridized carbons (Fsp3) is 0.250. The molecule has 3 aromatic rings. The van der Waals surface area contributed by atoms with E-state index >= 15 is 0 Å². The van der Waals surface area contributed by atoms with Crippen LogP contribution in [0.4, 0.5) is 5.13 Å². The van der Waals surface area contributed by atoms with Crippen LogP contribution in [-0.4, -0.2) is 32.2 Å². The first-order chi connectivity index (χ1) is 11.6. The first-order valence-electron chi connectivity index (χ1n) is 7.37. The van der Waals surface area contributed by atoms with Gasteiger partial charge in [0.25, 0.3) is 5.91 Å². The normalized spacial score (nSPS) is 12.1. The Kier molecular flexibility index (Phi) is 4.68. The highest BCUT2D eigenvalue weighted by atomic mass is 32.1. The van der Waals surface area contributed by atoms with E-state index in [4.69, 9.17) is 4.74 Å². The van der Waals surface area contributed by atoms with Gasteiger partial charge in [0.05, 0.1) is 11.4 Å². The second-order valence-corrected chi connectivity index (χ2v) is 5.99. The van der Waals surface area contributed by atoms with Crippen LogP contribution in [0.2, 0.25) is 0 Å². The van der Waals surface area contributed by atoms with Gasteiger partial charge in [0.2, 0.25) is 5.13 Å². The van der Waals surface area contributed by atoms with Crippen LogP contribution in [0.25, 0.3) is 5.69 Å². The molecular weight excluding hydrogens is 326 g/mol. The summed E-state index contributed by atoms with van der Waals surface area (Å²) in [5.74, 6) is 0.327. The zero-order chi connectivity index (χ0) is 17.1. The van der Waals surface area contributed by atoms with Gasteiger partial charge < -0.3 is 4.74 Å². The molecule has 2 heterocycles. The highest BCUT2D eigenvalue weighted by Crippen LogP contribution is 2.19. The Morgan fingerprint density at radius 1 is 1.29 bits per heavy atom. The molecule has 1 unspecified atom stereocenters. The maximum atomic E-state index is 12.3. The average Bonchev–Trinajstić information content (AvgIpc) is 3.23. The van der Waals surface area contributed by atoms with E-state index in [0.29, 0.717) is 16.5 Å². The van der Waals surface area contributed by atoms with Gasteiger partial charge in [0, 0.05) is 30.4 Å². The molecule has 0 aliphatic carbocycles. The number of aryl methyl sites for hydroxylation is 1. The summed E-state index contributed by atoms with van der Waals surface area (Å²) in [4.78, 5) is 16.5. The molecule has 2 aromatic heterocycles. The lowest BCUT2D eigenvalue weighted by Crippen LogP contribution is -2.12. The molecule has 0 saturated heterocycles. The minimum absolute atomic E-state index is 0.205. The molecule has 7 nitrogen and oxygen atoms in total. The van der Waals surface area contributed by atoms with Gasteiger partial charge in [-0.1, -0.05) is 0 Å². The minimum atomic E-state index is -0.231. The minimum Gasteiger partial charge on any atom is -0.374 e. The van der Waals surface area contributed by atoms with E-state index in [1.54, 1.807) is 23.9 Å². The van der Waals surface area contributed by atoms with E-state index in [2.05, 4.69) is 19.8 Å². The number of aromatic nitrogens is 4. The summed E-state index contributed by atoms with van der Waals surface area (Å²) in [7, 11) is 1.59. The lowest BCUT2D eigenvalue weighted by Gasteiger charge is -2.05. The zero-order valence-electron chi connectivity index (χ0n) is 13.6. The summed E-state index contributed by atoms with van der Waals surface area (Å²) >= 11 is 1.13. The molecule has 0 saturated carbocycles. The zero-order valence-corrected chi connectivity index (χ0v) is 14.4. The Morgan fingerprint density at radius 3 is 2.67 bits per heavy atom. The van der Waals surface area contributed by atoms with Gasteiger partial charge in [-0.2, -0.15) is 9.47 Å². The van der Waals surface area contributed by atoms with Gasteiger partial charge in [-0.15, -0.1) is 0 Å². The topological polar surface area (TPSA) is 81.9 Å². The van der Waals surface area contributed by atoms with Crippen LogP contribution in [-0.2, 0) is 4.74 Å². The number of anilines is 1. The Morgan fingerprint density at radius 2 is 2.04 bits per heavy atom. The van der Waals surface area contributed by atoms with Crippen molar-refractivity contribution in [3.8, 4) is 5.69 Å². The number of methoxy groups -OCH3 is 1. The summed E-state index contributed by atoms with van der Waals surface area (Å²) in [5, 5.41) is 7.54. The molecule has 24 heavy (non-hydrogen) atoms. The fourth-order valence-electron chi connectivity index (χ4n) is 2.05. The van der Waals surface area contributed by atoms with Crippen LogP contribution >= 0.6 is 11.5 Å². The largest absolute Gasteiger partial charge is 0.374 e. The van der Waals surface area contributed by atoms with Crippen molar-refractivity contribution in [2.75, 3.05) is 12.4 Å². The monoisotopic (exact) mass is 343 g/mol. The molecule has 0 bridgehead atoms. The predicted octanol–water partition coefficient (Wildman–Crippen LogP) is 2.99. The number of hydrogen-bond donors (Lipinski definition) is 1. The highest BCUT2D eigenvalue weighted by molar-refractivity contribution is 7.09. The van der Waals surface area contributed by atoms with Crippen LogP contribution in [0, 0.1) is 6.92 Å². The lowest BCUT2D eigenvalue weighted by atomic mass is 10.2. The molecule has 1 amide bonds. The van der Waals surface area contributed by atoms with Gasteiger partial charge in [0.15, 0.2) is 5.82 Å². The number of benzene rings is 1. The number of ether oxygens (including phenoxy) is 1. The summed E-state index contributed by atoms with van der Waals surface area (Å²) in [6.45, 7) is 3.78. The number of carbonyl (C=O) groups excluding carboxylic acids is 1. The molecule has 1 aromatic carbocycles. The van der Waals surface area contributed by atoms with Crippen LogP contribution in [0.15, 0.2) is 36.5 Å². The maximum Gasteiger partial charge on any atom is 0.257 e. The second-order valence-electron chi connectivity index (χ2n) is 5.24. The SMILES string of the molecule is COC(C)c1nsc(NC(=O)c2ccc(-n3ccc(C)n3)cc2)n1. The number of carbonyl (C=O) groups is 1. The van der Waals surface area contributed by atoms with Crippen molar-refractivity contribution in [3.63, 3.8) is 0 Å². The van der Waals surface area contributed by atoms with Gasteiger partial charge in [-0.25, -0.2) is 9.67 Å². The predicted molar refractivity (Wildman–Crippen MR) is 91.6 cm³/mol. The van der Waals surface area contributed by atoms with E-state index in [0.717, 1.165) is 22.9 Å². The van der Waals surface area contributed by atoms with Gasteiger partial charge in [-0.3, -0.25) is 10.1 Å². The Bertz CT molecular complexity index is 840. The summed E-state index contributed by atoms with van der Waals surface area (Å²) < 4.78 is 11.1. The number of nitrogens with zero attached hydrogens (tertiary/aromatic N) is 4. The first kappa shape index (κ1) is 16.3. The third kappa shape index (κ3) is 3.50. The van der Waals surface area contributed by atoms with Crippen molar-refractivity contribution in [2.24, 2.45) is 0 Å². The Balaban J connectivity index is 1.70. The van der Waals surface area contributed by atoms with Crippen molar-refractivity contribution in [3.05, 3.63) is 53.6 Å². The van der Waals surface area contributed by atoms with Crippen molar-refractivity contribution < 1.29 is 9.53 Å². The summed E-state index contributed by atoms with van der Waals surface area (Å²) in [6, 6.07) is 9.12. The molecule has 0 aliphatic rings. The molecule has 8 heteroatoms. The summed E-state index contributed by atoms with van der Waals surface area (Å²) in [6.07, 6.45) is 1.67. The number of nitrogens with one attached hydrogen (secondary N) is 1. The fourth-order valence-corrected chi connectivity index (χ4v) is 2.69. The van der Waals surface area contributed by atoms with Crippen molar-refractivity contribution in [1.82, 2.24) is 19.1 Å². The molecule has 0 fully saturated rings. The average molecular weight is 343 g/mol. The second kappa shape index (κ2) is 6.90. The Labute approximate surface area is 143 Å². The van der Waals surface area contributed by atoms with E-state index in [1.165, 1.54) is 0 Å². The van der Waals surface area contributed by atoms with Gasteiger partial charge in [0.1, 0.15) is 6.10 Å². The van der Waals surface area contributed by atoms with E-state index in [9.17, 15) is 4.79 Å². The van der Waals surface area contributed by atoms with Crippen LogP contribution in [0.5, 0.6) is 0 Å². The van der Waals surface area contributed by atoms with Gasteiger partial charge >= 0.3 is 0 Å². The number of amides is 1. The van der Waals surface area contributed by atoms with E-state index in [1.807, 2.05) is 38.2 Å². The molecule has 1 N–H and O–H groups in total. The molecule has 3 rings (SSSR count). The van der Waals surface area contributed by atoms with Crippen LogP contribution < -0.4 is 5.32 Å². The maximum absolute atomic E-state index is 12.3. The van der Waals surface area contributed by atoms with Crippen molar-refractivity contribution in [2.45, 2.75) is 20.0 Å². The first-order valence-corrected chi connectivity index (χ1v) is 8.14. The molecule has 0 radical (unpaired) electrons. The molecule has 0 spiro atoms. The smallest absolute Gasteiger partial charge is 0.257 e. The quantitative estimate of drug-likeness (QED) is 0.770. The number of rotatable bonds is 5. The van der Waals surface area contributed by atoms with E-state index in [-0.39, 0.29) is 12.0 Å². The third-order valence-corrected chi connectivity index (χ3v) is 4.14. The summed E-state index contributed by atoms with van der Waals surface area (Å²) in [5.41, 5.74) is 2.38. The lowest BCUT2D eigenvalue weighted by molar-refractivity contribution is 0.102. The number of hydrogen-bond acceptors (Lipinski definition) is 6. The van der Waals surface area contributed by atoms with Crippen molar-refractivity contribution >= 4 is 22.6 Å². The van der Waals surface area contributed by atoms with Gasteiger partial charge in [-0.05, 0) is 44.2 Å². The van der Waals surface area contributed by atoms with Crippen LogP contribution in [0.1, 0.15) is 34.9 Å². The Hall–Kier alpha value is -2.58.